The van der Waals surface area contributed by atoms with E-state index in [-0.39, 0.29) is 24.3 Å². The number of para-hydroxylation sites is 1. The van der Waals surface area contributed by atoms with Crippen LogP contribution in [0.1, 0.15) is 23.2 Å². The Morgan fingerprint density at radius 2 is 1.78 bits per heavy atom. The van der Waals surface area contributed by atoms with Crippen molar-refractivity contribution in [2.24, 2.45) is 0 Å². The number of carbonyl (C=O) groups is 2. The molecule has 5 nitrogen and oxygen atoms in total. The summed E-state index contributed by atoms with van der Waals surface area (Å²) in [6.45, 7) is 1.85. The number of aromatic nitrogens is 1. The predicted octanol–water partition coefficient (Wildman–Crippen LogP) is 2.85. The third-order valence-corrected chi connectivity index (χ3v) is 5.76. The highest BCUT2D eigenvalue weighted by atomic mass is 16.2. The number of hydrogen-bond donors (Lipinski definition) is 1. The minimum atomic E-state index is -0.347. The number of rotatable bonds is 3. The first-order valence-corrected chi connectivity index (χ1v) is 9.41. The molecular formula is C22H21N3O2. The monoisotopic (exact) mass is 359 g/mol. The van der Waals surface area contributed by atoms with Crippen LogP contribution in [0.15, 0.2) is 54.6 Å². The Morgan fingerprint density at radius 1 is 1.00 bits per heavy atom. The third-order valence-electron chi connectivity index (χ3n) is 5.76. The first-order valence-electron chi connectivity index (χ1n) is 9.41. The van der Waals surface area contributed by atoms with Gasteiger partial charge in [-0.25, -0.2) is 0 Å². The number of amides is 2. The fourth-order valence-corrected chi connectivity index (χ4v) is 4.36. The van der Waals surface area contributed by atoms with Crippen molar-refractivity contribution < 1.29 is 9.59 Å². The molecule has 136 valence electrons. The van der Waals surface area contributed by atoms with Gasteiger partial charge in [0.2, 0.25) is 11.8 Å². The van der Waals surface area contributed by atoms with Gasteiger partial charge in [0.15, 0.2) is 0 Å². The summed E-state index contributed by atoms with van der Waals surface area (Å²) >= 11 is 0. The molecule has 27 heavy (non-hydrogen) atoms. The zero-order valence-electron chi connectivity index (χ0n) is 15.0. The fraction of sp³-hybridized carbons (Fsp3) is 0.273. The zero-order valence-corrected chi connectivity index (χ0v) is 15.0. The maximum Gasteiger partial charge on any atom is 0.247 e. The van der Waals surface area contributed by atoms with E-state index < -0.39 is 0 Å². The number of nitrogens with one attached hydrogen (secondary N) is 1. The number of benzene rings is 2. The standard InChI is InChI=1S/C22H21N3O2/c26-21-12-20(22(27)25(21)13-15-6-2-1-3-7-15)24-11-10-17-16-8-4-5-9-18(16)23-19(17)14-24/h1-9,20,23H,10-14H2/t20-/m1/s1. The Labute approximate surface area is 157 Å². The normalized spacial score (nSPS) is 20.4. The summed E-state index contributed by atoms with van der Waals surface area (Å²) < 4.78 is 0. The number of likely N-dealkylation sites (tertiary alicyclic amines) is 1. The van der Waals surface area contributed by atoms with Gasteiger partial charge in [0.05, 0.1) is 19.0 Å². The van der Waals surface area contributed by atoms with E-state index in [1.807, 2.05) is 36.4 Å². The predicted molar refractivity (Wildman–Crippen MR) is 103 cm³/mol. The van der Waals surface area contributed by atoms with Crippen LogP contribution >= 0.6 is 0 Å². The molecule has 5 rings (SSSR count). The van der Waals surface area contributed by atoms with E-state index in [1.54, 1.807) is 0 Å². The van der Waals surface area contributed by atoms with Gasteiger partial charge >= 0.3 is 0 Å². The SMILES string of the molecule is O=C1C[C@@H](N2CCc3c([nH]c4ccccc34)C2)C(=O)N1Cc1ccccc1. The van der Waals surface area contributed by atoms with Crippen LogP contribution in [0.25, 0.3) is 10.9 Å². The lowest BCUT2D eigenvalue weighted by molar-refractivity contribution is -0.140. The largest absolute Gasteiger partial charge is 0.357 e. The van der Waals surface area contributed by atoms with Crippen LogP contribution in [0, 0.1) is 0 Å². The Morgan fingerprint density at radius 3 is 2.63 bits per heavy atom. The maximum atomic E-state index is 13.0. The summed E-state index contributed by atoms with van der Waals surface area (Å²) in [5, 5.41) is 1.27. The van der Waals surface area contributed by atoms with Gasteiger partial charge in [0, 0.05) is 29.7 Å². The summed E-state index contributed by atoms with van der Waals surface area (Å²) in [4.78, 5) is 32.5. The van der Waals surface area contributed by atoms with Crippen LogP contribution in [0.2, 0.25) is 0 Å². The number of nitrogens with zero attached hydrogens (tertiary/aromatic N) is 2. The van der Waals surface area contributed by atoms with Crippen molar-refractivity contribution in [2.75, 3.05) is 6.54 Å². The molecule has 2 aliphatic heterocycles. The average molecular weight is 359 g/mol. The summed E-state index contributed by atoms with van der Waals surface area (Å²) in [7, 11) is 0. The third kappa shape index (κ3) is 2.75. The second kappa shape index (κ2) is 6.35. The molecule has 3 heterocycles. The highest BCUT2D eigenvalue weighted by Crippen LogP contribution is 2.30. The van der Waals surface area contributed by atoms with E-state index in [9.17, 15) is 9.59 Å². The highest BCUT2D eigenvalue weighted by molar-refractivity contribution is 6.05. The second-order valence-electron chi connectivity index (χ2n) is 7.37. The van der Waals surface area contributed by atoms with Gasteiger partial charge in [0.25, 0.3) is 0 Å². The molecule has 0 unspecified atom stereocenters. The first kappa shape index (κ1) is 16.3. The molecule has 1 atom stereocenters. The van der Waals surface area contributed by atoms with Gasteiger partial charge in [-0.05, 0) is 23.6 Å². The van der Waals surface area contributed by atoms with Gasteiger partial charge in [-0.2, -0.15) is 0 Å². The summed E-state index contributed by atoms with van der Waals surface area (Å²) in [5.74, 6) is -0.139. The number of fused-ring (bicyclic) bond motifs is 3. The van der Waals surface area contributed by atoms with E-state index >= 15 is 0 Å². The van der Waals surface area contributed by atoms with Crippen molar-refractivity contribution in [1.29, 1.82) is 0 Å². The van der Waals surface area contributed by atoms with Crippen molar-refractivity contribution >= 4 is 22.7 Å². The minimum absolute atomic E-state index is 0.0663. The number of carbonyl (C=O) groups excluding carboxylic acids is 2. The number of hydrogen-bond acceptors (Lipinski definition) is 3. The molecule has 2 amide bonds. The summed E-state index contributed by atoms with van der Waals surface area (Å²) in [6, 6.07) is 17.7. The van der Waals surface area contributed by atoms with Crippen LogP contribution < -0.4 is 0 Å². The Kier molecular flexibility index (Phi) is 3.83. The number of aromatic amines is 1. The molecule has 2 aromatic carbocycles. The van der Waals surface area contributed by atoms with Gasteiger partial charge in [0.1, 0.15) is 0 Å². The van der Waals surface area contributed by atoms with Gasteiger partial charge in [-0.1, -0.05) is 48.5 Å². The molecular weight excluding hydrogens is 338 g/mol. The molecule has 0 bridgehead atoms. The molecule has 5 heteroatoms. The maximum absolute atomic E-state index is 13.0. The van der Waals surface area contributed by atoms with Crippen molar-refractivity contribution in [3.8, 4) is 0 Å². The molecule has 1 aromatic heterocycles. The van der Waals surface area contributed by atoms with Gasteiger partial charge < -0.3 is 4.98 Å². The quantitative estimate of drug-likeness (QED) is 0.732. The van der Waals surface area contributed by atoms with Crippen LogP contribution in [0.3, 0.4) is 0 Å². The molecule has 1 saturated heterocycles. The van der Waals surface area contributed by atoms with Crippen molar-refractivity contribution in [3.05, 3.63) is 71.4 Å². The Balaban J connectivity index is 1.36. The molecule has 0 aliphatic carbocycles. The lowest BCUT2D eigenvalue weighted by atomic mass is 10.0. The van der Waals surface area contributed by atoms with E-state index in [4.69, 9.17) is 0 Å². The lowest BCUT2D eigenvalue weighted by Gasteiger charge is -2.30. The lowest BCUT2D eigenvalue weighted by Crippen LogP contribution is -2.44. The topological polar surface area (TPSA) is 56.4 Å². The van der Waals surface area contributed by atoms with E-state index in [0.717, 1.165) is 24.0 Å². The van der Waals surface area contributed by atoms with Crippen molar-refractivity contribution in [1.82, 2.24) is 14.8 Å². The molecule has 1 fully saturated rings. The highest BCUT2D eigenvalue weighted by Gasteiger charge is 2.42. The van der Waals surface area contributed by atoms with Crippen LogP contribution in [0.4, 0.5) is 0 Å². The molecule has 1 N–H and O–H groups in total. The first-order chi connectivity index (χ1) is 13.2. The number of H-pyrrole nitrogens is 1. The summed E-state index contributed by atoms with van der Waals surface area (Å²) in [5.41, 5.74) is 4.64. The number of imide groups is 1. The van der Waals surface area contributed by atoms with Gasteiger partial charge in [-0.3, -0.25) is 19.4 Å². The molecule has 0 saturated carbocycles. The molecule has 2 aliphatic rings. The van der Waals surface area contributed by atoms with Crippen molar-refractivity contribution in [2.45, 2.75) is 32.0 Å². The Bertz CT molecular complexity index is 1020. The van der Waals surface area contributed by atoms with Crippen molar-refractivity contribution in [3.63, 3.8) is 0 Å². The fourth-order valence-electron chi connectivity index (χ4n) is 4.36. The minimum Gasteiger partial charge on any atom is -0.357 e. The zero-order chi connectivity index (χ0) is 18.4. The Hall–Kier alpha value is -2.92. The van der Waals surface area contributed by atoms with Crippen LogP contribution in [0.5, 0.6) is 0 Å². The molecule has 0 spiro atoms. The van der Waals surface area contributed by atoms with E-state index in [0.29, 0.717) is 13.1 Å². The molecule has 3 aromatic rings. The van der Waals surface area contributed by atoms with Gasteiger partial charge in [-0.15, -0.1) is 0 Å². The summed E-state index contributed by atoms with van der Waals surface area (Å²) in [6.07, 6.45) is 1.18. The second-order valence-corrected chi connectivity index (χ2v) is 7.37. The average Bonchev–Trinajstić information content (AvgIpc) is 3.20. The molecule has 0 radical (unpaired) electrons. The van der Waals surface area contributed by atoms with E-state index in [1.165, 1.54) is 21.5 Å². The van der Waals surface area contributed by atoms with Crippen LogP contribution in [-0.2, 0) is 29.1 Å². The smallest absolute Gasteiger partial charge is 0.247 e. The van der Waals surface area contributed by atoms with Crippen LogP contribution in [-0.4, -0.2) is 39.2 Å². The van der Waals surface area contributed by atoms with E-state index in [2.05, 4.69) is 28.1 Å².